The van der Waals surface area contributed by atoms with Crippen LogP contribution in [0.3, 0.4) is 0 Å². The molecule has 0 fully saturated rings. The van der Waals surface area contributed by atoms with Gasteiger partial charge in [-0.1, -0.05) is 0 Å². The minimum Gasteiger partial charge on any atom is -0.481 e. The Labute approximate surface area is 101 Å². The third-order valence-corrected chi connectivity index (χ3v) is 2.16. The third kappa shape index (κ3) is 6.11. The molecule has 0 bridgehead atoms. The minimum absolute atomic E-state index is 0.632. The predicted octanol–water partition coefficient (Wildman–Crippen LogP) is 0.981. The summed E-state index contributed by atoms with van der Waals surface area (Å²) in [7, 11) is 0. The van der Waals surface area contributed by atoms with Gasteiger partial charge in [0.25, 0.3) is 0 Å². The molecule has 17 heavy (non-hydrogen) atoms. The first kappa shape index (κ1) is 15.7. The fourth-order valence-corrected chi connectivity index (χ4v) is 1.16. The van der Waals surface area contributed by atoms with E-state index in [0.717, 1.165) is 0 Å². The molecule has 0 aromatic heterocycles. The molecule has 0 aliphatic rings. The molecular formula is C11H21NO5. The average Bonchev–Trinajstić information content (AvgIpc) is 2.11. The van der Waals surface area contributed by atoms with E-state index in [1.807, 2.05) is 0 Å². The zero-order valence-corrected chi connectivity index (χ0v) is 10.9. The second-order valence-corrected chi connectivity index (χ2v) is 5.05. The number of nitrogens with one attached hydrogen (secondary N) is 1. The van der Waals surface area contributed by atoms with Crippen LogP contribution in [0.4, 0.5) is 4.79 Å². The van der Waals surface area contributed by atoms with E-state index in [-0.39, 0.29) is 0 Å². The Morgan fingerprint density at radius 3 is 2.06 bits per heavy atom. The summed E-state index contributed by atoms with van der Waals surface area (Å²) in [6.07, 6.45) is -1.85. The van der Waals surface area contributed by atoms with Gasteiger partial charge in [0.2, 0.25) is 0 Å². The lowest BCUT2D eigenvalue weighted by Gasteiger charge is -2.25. The van der Waals surface area contributed by atoms with Crippen molar-refractivity contribution in [2.45, 2.75) is 52.4 Å². The van der Waals surface area contributed by atoms with Crippen molar-refractivity contribution in [2.24, 2.45) is 5.92 Å². The maximum atomic E-state index is 11.4. The first-order valence-corrected chi connectivity index (χ1v) is 5.45. The van der Waals surface area contributed by atoms with Crippen LogP contribution >= 0.6 is 0 Å². The zero-order chi connectivity index (χ0) is 13.8. The highest BCUT2D eigenvalue weighted by Gasteiger charge is 2.28. The number of hydrogen-bond donors (Lipinski definition) is 3. The van der Waals surface area contributed by atoms with Gasteiger partial charge >= 0.3 is 12.1 Å². The summed E-state index contributed by atoms with van der Waals surface area (Å²) >= 11 is 0. The van der Waals surface area contributed by atoms with Gasteiger partial charge in [0, 0.05) is 0 Å². The lowest BCUT2D eigenvalue weighted by Crippen LogP contribution is -2.47. The molecule has 0 spiro atoms. The number of carboxylic acids is 1. The number of carbonyl (C=O) groups is 2. The van der Waals surface area contributed by atoms with E-state index >= 15 is 0 Å². The molecule has 1 amide bonds. The van der Waals surface area contributed by atoms with Crippen molar-refractivity contribution in [3.05, 3.63) is 0 Å². The van der Waals surface area contributed by atoms with Gasteiger partial charge in [-0.05, 0) is 34.6 Å². The molecule has 0 saturated heterocycles. The van der Waals surface area contributed by atoms with Crippen LogP contribution < -0.4 is 5.32 Å². The van der Waals surface area contributed by atoms with E-state index in [2.05, 4.69) is 5.32 Å². The van der Waals surface area contributed by atoms with Crippen molar-refractivity contribution >= 4 is 12.1 Å². The molecule has 0 saturated carbocycles. The summed E-state index contributed by atoms with van der Waals surface area (Å²) in [6, 6.07) is -0.698. The lowest BCUT2D eigenvalue weighted by atomic mass is 9.99. The molecule has 3 N–H and O–H groups in total. The van der Waals surface area contributed by atoms with Crippen LogP contribution in [0.25, 0.3) is 0 Å². The number of alkyl carbamates (subject to hydrolysis) is 1. The highest BCUT2D eigenvalue weighted by molar-refractivity contribution is 5.71. The molecule has 0 aliphatic heterocycles. The monoisotopic (exact) mass is 247 g/mol. The molecule has 100 valence electrons. The van der Waals surface area contributed by atoms with Crippen LogP contribution in [0, 0.1) is 5.92 Å². The first-order chi connectivity index (χ1) is 7.54. The van der Waals surface area contributed by atoms with Gasteiger partial charge in [0.1, 0.15) is 5.60 Å². The SMILES string of the molecule is C[C@@H](NC(=O)OC(C)(C)C)[C@H](O)[C@@H](C)C(=O)O. The standard InChI is InChI=1S/C11H21NO5/c1-6(9(14)15)8(13)7(2)12-10(16)17-11(3,4)5/h6-8,13H,1-5H3,(H,12,16)(H,14,15)/t6-,7-,8-/m1/s1. The molecule has 0 rings (SSSR count). The molecule has 0 aromatic carbocycles. The number of rotatable bonds is 4. The number of aliphatic hydroxyl groups excluding tert-OH is 1. The molecule has 0 aliphatic carbocycles. The predicted molar refractivity (Wildman–Crippen MR) is 61.6 cm³/mol. The minimum atomic E-state index is -1.17. The van der Waals surface area contributed by atoms with Gasteiger partial charge in [-0.15, -0.1) is 0 Å². The van der Waals surface area contributed by atoms with Gasteiger partial charge < -0.3 is 20.3 Å². The van der Waals surface area contributed by atoms with Gasteiger partial charge in [0.15, 0.2) is 0 Å². The van der Waals surface area contributed by atoms with Gasteiger partial charge in [-0.3, -0.25) is 4.79 Å². The molecule has 3 atom stereocenters. The largest absolute Gasteiger partial charge is 0.481 e. The molecule has 0 unspecified atom stereocenters. The topological polar surface area (TPSA) is 95.9 Å². The molecule has 6 nitrogen and oxygen atoms in total. The van der Waals surface area contributed by atoms with Gasteiger partial charge in [0.05, 0.1) is 18.1 Å². The van der Waals surface area contributed by atoms with Crippen molar-refractivity contribution in [2.75, 3.05) is 0 Å². The summed E-state index contributed by atoms with van der Waals surface area (Å²) in [5.41, 5.74) is -0.632. The fraction of sp³-hybridized carbons (Fsp3) is 0.818. The Bertz CT molecular complexity index is 284. The quantitative estimate of drug-likeness (QED) is 0.688. The van der Waals surface area contributed by atoms with Crippen molar-refractivity contribution in [1.29, 1.82) is 0 Å². The lowest BCUT2D eigenvalue weighted by molar-refractivity contribution is -0.145. The molecule has 6 heteroatoms. The van der Waals surface area contributed by atoms with Crippen LogP contribution in [0.1, 0.15) is 34.6 Å². The van der Waals surface area contributed by atoms with E-state index < -0.39 is 35.7 Å². The number of hydrogen-bond acceptors (Lipinski definition) is 4. The number of aliphatic carboxylic acids is 1. The average molecular weight is 247 g/mol. The van der Waals surface area contributed by atoms with Gasteiger partial charge in [-0.2, -0.15) is 0 Å². The second kappa shape index (κ2) is 5.86. The molecular weight excluding hydrogens is 226 g/mol. The zero-order valence-electron chi connectivity index (χ0n) is 10.9. The Morgan fingerprint density at radius 1 is 1.24 bits per heavy atom. The molecule has 0 radical (unpaired) electrons. The van der Waals surface area contributed by atoms with E-state index in [1.165, 1.54) is 13.8 Å². The number of ether oxygens (including phenoxy) is 1. The van der Waals surface area contributed by atoms with E-state index in [9.17, 15) is 14.7 Å². The Balaban J connectivity index is 4.30. The maximum Gasteiger partial charge on any atom is 0.407 e. The number of amides is 1. The number of aliphatic hydroxyl groups is 1. The third-order valence-electron chi connectivity index (χ3n) is 2.16. The Morgan fingerprint density at radius 2 is 1.71 bits per heavy atom. The van der Waals surface area contributed by atoms with Crippen molar-refractivity contribution < 1.29 is 24.5 Å². The summed E-state index contributed by atoms with van der Waals surface area (Å²) in [5, 5.41) is 20.8. The van der Waals surface area contributed by atoms with Crippen molar-refractivity contribution in [1.82, 2.24) is 5.32 Å². The van der Waals surface area contributed by atoms with Crippen molar-refractivity contribution in [3.8, 4) is 0 Å². The van der Waals surface area contributed by atoms with E-state index in [4.69, 9.17) is 9.84 Å². The number of carboxylic acid groups (broad SMARTS) is 1. The van der Waals surface area contributed by atoms with Gasteiger partial charge in [-0.25, -0.2) is 4.79 Å². The summed E-state index contributed by atoms with van der Waals surface area (Å²) in [4.78, 5) is 22.0. The summed E-state index contributed by atoms with van der Waals surface area (Å²) < 4.78 is 4.99. The van der Waals surface area contributed by atoms with E-state index in [0.29, 0.717) is 0 Å². The Hall–Kier alpha value is -1.30. The normalized spacial score (nSPS) is 16.8. The molecule has 0 heterocycles. The Kier molecular flexibility index (Phi) is 5.41. The van der Waals surface area contributed by atoms with Crippen LogP contribution in [0.2, 0.25) is 0 Å². The van der Waals surface area contributed by atoms with Crippen molar-refractivity contribution in [3.63, 3.8) is 0 Å². The van der Waals surface area contributed by atoms with Crippen LogP contribution in [-0.4, -0.2) is 40.0 Å². The first-order valence-electron chi connectivity index (χ1n) is 5.45. The van der Waals surface area contributed by atoms with Crippen LogP contribution in [0.15, 0.2) is 0 Å². The second-order valence-electron chi connectivity index (χ2n) is 5.05. The van der Waals surface area contributed by atoms with Crippen LogP contribution in [0.5, 0.6) is 0 Å². The number of carbonyl (C=O) groups excluding carboxylic acids is 1. The maximum absolute atomic E-state index is 11.4. The highest BCUT2D eigenvalue weighted by Crippen LogP contribution is 2.10. The van der Waals surface area contributed by atoms with E-state index in [1.54, 1.807) is 20.8 Å². The summed E-state index contributed by atoms with van der Waals surface area (Å²) in [6.45, 7) is 8.04. The highest BCUT2D eigenvalue weighted by atomic mass is 16.6. The van der Waals surface area contributed by atoms with Crippen LogP contribution in [-0.2, 0) is 9.53 Å². The molecule has 0 aromatic rings. The smallest absolute Gasteiger partial charge is 0.407 e. The fourth-order valence-electron chi connectivity index (χ4n) is 1.16. The summed E-state index contributed by atoms with van der Waals surface area (Å²) in [5.74, 6) is -2.07.